The number of hydrogen-bond donors (Lipinski definition) is 0. The second-order valence-corrected chi connectivity index (χ2v) is 8.39. The summed E-state index contributed by atoms with van der Waals surface area (Å²) in [4.78, 5) is 4.94. The first-order valence-corrected chi connectivity index (χ1v) is 10.6. The van der Waals surface area contributed by atoms with Crippen LogP contribution >= 0.6 is 0 Å². The van der Waals surface area contributed by atoms with Crippen molar-refractivity contribution in [2.24, 2.45) is 0 Å². The summed E-state index contributed by atoms with van der Waals surface area (Å²) in [7, 11) is 2.18. The van der Waals surface area contributed by atoms with Gasteiger partial charge >= 0.3 is 6.85 Å². The van der Waals surface area contributed by atoms with E-state index in [9.17, 15) is 0 Å². The lowest BCUT2D eigenvalue weighted by molar-refractivity contribution is 1.13. The Morgan fingerprint density at radius 3 is 1.53 bits per heavy atom. The molecule has 2 aliphatic rings. The third kappa shape index (κ3) is 2.21. The molecule has 0 aliphatic carbocycles. The second-order valence-electron chi connectivity index (χ2n) is 8.39. The summed E-state index contributed by atoms with van der Waals surface area (Å²) in [6, 6.07) is 31.1. The Balaban J connectivity index is 1.72. The maximum Gasteiger partial charge on any atom is 0.329 e. The van der Waals surface area contributed by atoms with Crippen LogP contribution < -0.4 is 20.6 Å². The number of anilines is 4. The zero-order valence-corrected chi connectivity index (χ0v) is 17.6. The summed E-state index contributed by atoms with van der Waals surface area (Å²) in [5.74, 6) is 0. The molecule has 6 rings (SSSR count). The molecule has 0 saturated carbocycles. The van der Waals surface area contributed by atoms with Gasteiger partial charge in [-0.1, -0.05) is 72.8 Å². The van der Waals surface area contributed by atoms with Gasteiger partial charge in [-0.15, -0.1) is 0 Å². The van der Waals surface area contributed by atoms with Crippen molar-refractivity contribution in [3.8, 4) is 11.1 Å². The Hall–Kier alpha value is -3.46. The van der Waals surface area contributed by atoms with Crippen LogP contribution in [0.1, 0.15) is 11.1 Å². The zero-order valence-electron chi connectivity index (χ0n) is 17.6. The van der Waals surface area contributed by atoms with E-state index >= 15 is 0 Å². The summed E-state index contributed by atoms with van der Waals surface area (Å²) < 4.78 is 0. The summed E-state index contributed by atoms with van der Waals surface area (Å²) in [6.45, 7) is 4.62. The summed E-state index contributed by atoms with van der Waals surface area (Å²) >= 11 is 0. The first kappa shape index (κ1) is 17.4. The van der Waals surface area contributed by atoms with E-state index in [1.54, 1.807) is 0 Å². The maximum absolute atomic E-state index is 2.60. The van der Waals surface area contributed by atoms with Gasteiger partial charge in [0.05, 0.1) is 22.7 Å². The van der Waals surface area contributed by atoms with Crippen molar-refractivity contribution in [2.75, 3.05) is 16.8 Å². The van der Waals surface area contributed by atoms with Crippen LogP contribution in [-0.2, 0) is 0 Å². The van der Waals surface area contributed by atoms with Crippen LogP contribution in [0.15, 0.2) is 84.9 Å². The zero-order chi connectivity index (χ0) is 20.4. The van der Waals surface area contributed by atoms with E-state index in [-0.39, 0.29) is 6.85 Å². The molecule has 0 atom stereocenters. The topological polar surface area (TPSA) is 6.48 Å². The van der Waals surface area contributed by atoms with Crippen molar-refractivity contribution in [1.82, 2.24) is 0 Å². The lowest BCUT2D eigenvalue weighted by Crippen LogP contribution is -2.53. The third-order valence-corrected chi connectivity index (χ3v) is 6.70. The van der Waals surface area contributed by atoms with E-state index in [2.05, 4.69) is 116 Å². The Labute approximate surface area is 178 Å². The van der Waals surface area contributed by atoms with Gasteiger partial charge in [-0.05, 0) is 59.2 Å². The quantitative estimate of drug-likeness (QED) is 0.409. The highest BCUT2D eigenvalue weighted by molar-refractivity contribution is 6.93. The highest BCUT2D eigenvalue weighted by atomic mass is 15.2. The molecule has 0 unspecified atom stereocenters. The van der Waals surface area contributed by atoms with Gasteiger partial charge in [0.15, 0.2) is 0 Å². The molecule has 0 aromatic heterocycles. The molecule has 2 heterocycles. The fraction of sp³-hybridized carbons (Fsp3) is 0.111. The molecular weight excluding hydrogens is 363 g/mol. The van der Waals surface area contributed by atoms with Crippen molar-refractivity contribution in [1.29, 1.82) is 0 Å². The number of hydrogen-bond acceptors (Lipinski definition) is 2. The first-order valence-electron chi connectivity index (χ1n) is 10.6. The van der Waals surface area contributed by atoms with Crippen molar-refractivity contribution in [3.05, 3.63) is 96.1 Å². The Bertz CT molecular complexity index is 1210. The molecule has 0 radical (unpaired) electrons. The SMILES string of the molecule is Cc1cccc2c1N(B1c3ccccc3-c3ccccc31)c1c(C)cccc1N2C. The average Bonchev–Trinajstić information content (AvgIpc) is 3.10. The third-order valence-electron chi connectivity index (χ3n) is 6.70. The van der Waals surface area contributed by atoms with Crippen molar-refractivity contribution >= 4 is 40.5 Å². The van der Waals surface area contributed by atoms with Crippen LogP contribution in [0.5, 0.6) is 0 Å². The molecule has 2 aliphatic heterocycles. The predicted octanol–water partition coefficient (Wildman–Crippen LogP) is 5.31. The molecule has 144 valence electrons. The molecule has 0 saturated heterocycles. The lowest BCUT2D eigenvalue weighted by Gasteiger charge is -2.43. The van der Waals surface area contributed by atoms with Crippen LogP contribution in [0.2, 0.25) is 0 Å². The van der Waals surface area contributed by atoms with Crippen LogP contribution in [-0.4, -0.2) is 13.9 Å². The largest absolute Gasteiger partial charge is 0.373 e. The lowest BCUT2D eigenvalue weighted by atomic mass is 9.51. The molecule has 4 aromatic rings. The number of aryl methyl sites for hydroxylation is 2. The van der Waals surface area contributed by atoms with Gasteiger partial charge in [0.1, 0.15) is 0 Å². The minimum absolute atomic E-state index is 0.158. The van der Waals surface area contributed by atoms with E-state index < -0.39 is 0 Å². The van der Waals surface area contributed by atoms with Crippen molar-refractivity contribution in [3.63, 3.8) is 0 Å². The molecule has 0 fully saturated rings. The van der Waals surface area contributed by atoms with Gasteiger partial charge < -0.3 is 9.71 Å². The van der Waals surface area contributed by atoms with Crippen molar-refractivity contribution in [2.45, 2.75) is 13.8 Å². The summed E-state index contributed by atoms with van der Waals surface area (Å²) in [5, 5.41) is 0. The van der Waals surface area contributed by atoms with Gasteiger partial charge in [-0.2, -0.15) is 0 Å². The normalized spacial score (nSPS) is 13.6. The number of nitrogens with zero attached hydrogens (tertiary/aromatic N) is 2. The van der Waals surface area contributed by atoms with Gasteiger partial charge in [0, 0.05) is 7.05 Å². The number of rotatable bonds is 1. The van der Waals surface area contributed by atoms with E-state index in [0.29, 0.717) is 0 Å². The second kappa shape index (κ2) is 6.27. The van der Waals surface area contributed by atoms with Crippen molar-refractivity contribution < 1.29 is 0 Å². The molecule has 0 spiro atoms. The minimum atomic E-state index is 0.158. The Morgan fingerprint density at radius 1 is 0.567 bits per heavy atom. The molecule has 2 nitrogen and oxygen atoms in total. The fourth-order valence-electron chi connectivity index (χ4n) is 5.36. The smallest absolute Gasteiger partial charge is 0.329 e. The maximum atomic E-state index is 2.60. The van der Waals surface area contributed by atoms with Crippen LogP contribution in [0.4, 0.5) is 22.7 Å². The average molecular weight is 386 g/mol. The minimum Gasteiger partial charge on any atom is -0.373 e. The Morgan fingerprint density at radius 2 is 1.03 bits per heavy atom. The van der Waals surface area contributed by atoms with Gasteiger partial charge in [-0.3, -0.25) is 0 Å². The summed E-state index contributed by atoms with van der Waals surface area (Å²) in [6.07, 6.45) is 0. The fourth-order valence-corrected chi connectivity index (χ4v) is 5.36. The molecule has 0 N–H and O–H groups in total. The number of para-hydroxylation sites is 2. The van der Waals surface area contributed by atoms with Crippen LogP contribution in [0, 0.1) is 13.8 Å². The van der Waals surface area contributed by atoms with E-state index in [1.807, 2.05) is 0 Å². The highest BCUT2D eigenvalue weighted by Crippen LogP contribution is 2.50. The number of benzene rings is 4. The highest BCUT2D eigenvalue weighted by Gasteiger charge is 2.42. The van der Waals surface area contributed by atoms with Gasteiger partial charge in [0.2, 0.25) is 0 Å². The van der Waals surface area contributed by atoms with E-state index in [4.69, 9.17) is 0 Å². The van der Waals surface area contributed by atoms with E-state index in [1.165, 1.54) is 55.9 Å². The molecule has 30 heavy (non-hydrogen) atoms. The standard InChI is InChI=1S/C27H23BN2/c1-18-10-8-16-24-26(18)30(27-19(2)11-9-17-25(27)29(24)3)28-22-14-6-4-12-20(22)21-13-5-7-15-23(21)28/h4-17H,1-3H3. The Kier molecular flexibility index (Phi) is 3.64. The van der Waals surface area contributed by atoms with E-state index in [0.717, 1.165) is 0 Å². The van der Waals surface area contributed by atoms with Gasteiger partial charge in [0.25, 0.3) is 0 Å². The first-order chi connectivity index (χ1) is 14.7. The van der Waals surface area contributed by atoms with Crippen LogP contribution in [0.25, 0.3) is 11.1 Å². The molecule has 0 amide bonds. The molecular formula is C27H23BN2. The monoisotopic (exact) mass is 386 g/mol. The summed E-state index contributed by atoms with van der Waals surface area (Å²) in [5.41, 5.74) is 13.2. The predicted molar refractivity (Wildman–Crippen MR) is 129 cm³/mol. The van der Waals surface area contributed by atoms with Gasteiger partial charge in [-0.25, -0.2) is 0 Å². The molecule has 3 heteroatoms. The number of fused-ring (bicyclic) bond motifs is 5. The molecule has 4 aromatic carbocycles. The van der Waals surface area contributed by atoms with Crippen LogP contribution in [0.3, 0.4) is 0 Å². The molecule has 0 bridgehead atoms.